The normalized spacial score (nSPS) is 19.8. The van der Waals surface area contributed by atoms with Crippen LogP contribution in [0.25, 0.3) is 0 Å². The number of ether oxygens (including phenoxy) is 1. The topological polar surface area (TPSA) is 102 Å². The zero-order valence-corrected chi connectivity index (χ0v) is 15.6. The van der Waals surface area contributed by atoms with Gasteiger partial charge in [0.1, 0.15) is 12.1 Å². The highest BCUT2D eigenvalue weighted by Crippen LogP contribution is 2.33. The van der Waals surface area contributed by atoms with Crippen molar-refractivity contribution in [1.29, 1.82) is 0 Å². The van der Waals surface area contributed by atoms with Gasteiger partial charge in [0.15, 0.2) is 0 Å². The van der Waals surface area contributed by atoms with Crippen LogP contribution in [0.15, 0.2) is 0 Å². The molecule has 0 aromatic carbocycles. The number of primary amides is 1. The first-order valence-corrected chi connectivity index (χ1v) is 8.24. The summed E-state index contributed by atoms with van der Waals surface area (Å²) in [7, 11) is 0. The number of alkyl halides is 3. The molecule has 1 fully saturated rings. The summed E-state index contributed by atoms with van der Waals surface area (Å²) in [5.74, 6) is -1.25. The van der Waals surface area contributed by atoms with Crippen LogP contribution in [0.1, 0.15) is 47.5 Å². The zero-order valence-electron chi connectivity index (χ0n) is 15.6. The Labute approximate surface area is 150 Å². The average molecular weight is 381 g/mol. The summed E-state index contributed by atoms with van der Waals surface area (Å²) in [5, 5.41) is 2.22. The Bertz CT molecular complexity index is 570. The van der Waals surface area contributed by atoms with Gasteiger partial charge in [0, 0.05) is 6.54 Å². The number of nitrogens with one attached hydrogen (secondary N) is 1. The van der Waals surface area contributed by atoms with Crippen LogP contribution < -0.4 is 11.1 Å². The van der Waals surface area contributed by atoms with E-state index < -0.39 is 47.2 Å². The Morgan fingerprint density at radius 3 is 2.12 bits per heavy atom. The molecular weight excluding hydrogens is 355 g/mol. The molecule has 0 saturated carbocycles. The predicted molar refractivity (Wildman–Crippen MR) is 86.9 cm³/mol. The van der Waals surface area contributed by atoms with Crippen molar-refractivity contribution in [3.05, 3.63) is 0 Å². The fourth-order valence-electron chi connectivity index (χ4n) is 2.58. The number of hydrogen-bond donors (Lipinski definition) is 2. The lowest BCUT2D eigenvalue weighted by molar-refractivity contribution is -0.244. The summed E-state index contributed by atoms with van der Waals surface area (Å²) in [4.78, 5) is 37.6. The number of alkyl carbamates (subject to hydrolysis) is 1. The van der Waals surface area contributed by atoms with E-state index in [1.54, 1.807) is 20.8 Å². The van der Waals surface area contributed by atoms with Crippen LogP contribution in [-0.2, 0) is 14.3 Å². The molecule has 3 amide bonds. The fourth-order valence-corrected chi connectivity index (χ4v) is 2.58. The monoisotopic (exact) mass is 381 g/mol. The van der Waals surface area contributed by atoms with Crippen LogP contribution in [-0.4, -0.2) is 53.2 Å². The lowest BCUT2D eigenvalue weighted by Gasteiger charge is -2.36. The quantitative estimate of drug-likeness (QED) is 0.777. The van der Waals surface area contributed by atoms with E-state index in [1.165, 1.54) is 4.90 Å². The number of carbonyl (C=O) groups is 3. The van der Waals surface area contributed by atoms with Crippen molar-refractivity contribution >= 4 is 17.9 Å². The highest BCUT2D eigenvalue weighted by molar-refractivity contribution is 5.91. The van der Waals surface area contributed by atoms with E-state index in [0.717, 1.165) is 0 Å². The van der Waals surface area contributed by atoms with Gasteiger partial charge in [-0.05, 0) is 32.1 Å². The third-order valence-corrected chi connectivity index (χ3v) is 4.27. The Morgan fingerprint density at radius 1 is 1.15 bits per heavy atom. The number of carbonyl (C=O) groups excluding carboxylic acids is 3. The molecule has 2 unspecified atom stereocenters. The minimum Gasteiger partial charge on any atom is -0.434 e. The molecule has 1 aliphatic heterocycles. The standard InChI is InChI=1S/C16H26F3N3O4/c1-14(2,3)10(12(24)22-8-6-7-9(22)11(20)23)21-13(25)26-15(4,5)16(17,18)19/h9-10H,6-8H2,1-5H3,(H2,20,23)(H,21,25). The van der Waals surface area contributed by atoms with Crippen molar-refractivity contribution in [3.8, 4) is 0 Å². The van der Waals surface area contributed by atoms with E-state index in [2.05, 4.69) is 10.1 Å². The van der Waals surface area contributed by atoms with Gasteiger partial charge in [0.2, 0.25) is 17.4 Å². The molecule has 0 bridgehead atoms. The number of amides is 3. The lowest BCUT2D eigenvalue weighted by Crippen LogP contribution is -2.58. The van der Waals surface area contributed by atoms with E-state index in [4.69, 9.17) is 5.73 Å². The smallest absolute Gasteiger partial charge is 0.427 e. The van der Waals surface area contributed by atoms with Crippen LogP contribution in [0.2, 0.25) is 0 Å². The second-order valence-electron chi connectivity index (χ2n) is 7.93. The van der Waals surface area contributed by atoms with Crippen molar-refractivity contribution < 1.29 is 32.3 Å². The number of likely N-dealkylation sites (tertiary alicyclic amines) is 1. The molecule has 10 heteroatoms. The van der Waals surface area contributed by atoms with E-state index in [-0.39, 0.29) is 6.54 Å². The van der Waals surface area contributed by atoms with Gasteiger partial charge in [-0.2, -0.15) is 13.2 Å². The van der Waals surface area contributed by atoms with Gasteiger partial charge in [-0.3, -0.25) is 9.59 Å². The second kappa shape index (κ2) is 7.32. The molecule has 1 rings (SSSR count). The van der Waals surface area contributed by atoms with E-state index in [0.29, 0.717) is 26.7 Å². The SMILES string of the molecule is CC(C)(C)C(NC(=O)OC(C)(C)C(F)(F)F)C(=O)N1CCCC1C(N)=O. The van der Waals surface area contributed by atoms with Gasteiger partial charge in [-0.1, -0.05) is 20.8 Å². The lowest BCUT2D eigenvalue weighted by atomic mass is 9.85. The number of rotatable bonds is 4. The summed E-state index contributed by atoms with van der Waals surface area (Å²) in [5.41, 5.74) is 1.75. The van der Waals surface area contributed by atoms with Crippen LogP contribution in [0, 0.1) is 5.41 Å². The first-order valence-electron chi connectivity index (χ1n) is 8.24. The second-order valence-corrected chi connectivity index (χ2v) is 7.93. The minimum absolute atomic E-state index is 0.282. The van der Waals surface area contributed by atoms with Crippen LogP contribution >= 0.6 is 0 Å². The molecule has 1 heterocycles. The maximum atomic E-state index is 12.9. The summed E-state index contributed by atoms with van der Waals surface area (Å²) in [6, 6.07) is -1.98. The highest BCUT2D eigenvalue weighted by Gasteiger charge is 2.51. The molecule has 0 radical (unpaired) electrons. The number of halogens is 3. The first-order chi connectivity index (χ1) is 11.6. The van der Waals surface area contributed by atoms with Crippen LogP contribution in [0.3, 0.4) is 0 Å². The molecular formula is C16H26F3N3O4. The maximum absolute atomic E-state index is 12.9. The van der Waals surface area contributed by atoms with Crippen molar-refractivity contribution in [2.24, 2.45) is 11.1 Å². The van der Waals surface area contributed by atoms with Crippen molar-refractivity contribution in [2.45, 2.75) is 71.3 Å². The van der Waals surface area contributed by atoms with E-state index in [9.17, 15) is 27.6 Å². The molecule has 1 saturated heterocycles. The Hall–Kier alpha value is -2.00. The van der Waals surface area contributed by atoms with Gasteiger partial charge in [-0.15, -0.1) is 0 Å². The zero-order chi connectivity index (χ0) is 20.5. The number of nitrogens with two attached hydrogens (primary N) is 1. The molecule has 7 nitrogen and oxygen atoms in total. The first kappa shape index (κ1) is 22.0. The average Bonchev–Trinajstić information content (AvgIpc) is 2.90. The van der Waals surface area contributed by atoms with Crippen molar-refractivity contribution in [2.75, 3.05) is 6.54 Å². The fraction of sp³-hybridized carbons (Fsp3) is 0.812. The van der Waals surface area contributed by atoms with Crippen LogP contribution in [0.5, 0.6) is 0 Å². The van der Waals surface area contributed by atoms with Crippen molar-refractivity contribution in [3.63, 3.8) is 0 Å². The van der Waals surface area contributed by atoms with Gasteiger partial charge < -0.3 is 20.7 Å². The molecule has 26 heavy (non-hydrogen) atoms. The Balaban J connectivity index is 2.97. The molecule has 150 valence electrons. The largest absolute Gasteiger partial charge is 0.434 e. The molecule has 0 aliphatic carbocycles. The molecule has 0 aromatic rings. The third kappa shape index (κ3) is 5.01. The summed E-state index contributed by atoms with van der Waals surface area (Å²) in [6.45, 7) is 6.62. The molecule has 0 aromatic heterocycles. The van der Waals surface area contributed by atoms with Crippen molar-refractivity contribution in [1.82, 2.24) is 10.2 Å². The van der Waals surface area contributed by atoms with E-state index >= 15 is 0 Å². The van der Waals surface area contributed by atoms with E-state index in [1.807, 2.05) is 0 Å². The van der Waals surface area contributed by atoms with Gasteiger partial charge in [-0.25, -0.2) is 4.79 Å². The molecule has 0 spiro atoms. The summed E-state index contributed by atoms with van der Waals surface area (Å²) < 4.78 is 43.1. The summed E-state index contributed by atoms with van der Waals surface area (Å²) in [6.07, 6.45) is -5.15. The number of nitrogens with zero attached hydrogens (tertiary/aromatic N) is 1. The molecule has 3 N–H and O–H groups in total. The highest BCUT2D eigenvalue weighted by atomic mass is 19.4. The molecule has 2 atom stereocenters. The Kier molecular flexibility index (Phi) is 6.20. The van der Waals surface area contributed by atoms with Gasteiger partial charge in [0.25, 0.3) is 0 Å². The Morgan fingerprint density at radius 2 is 1.69 bits per heavy atom. The summed E-state index contributed by atoms with van der Waals surface area (Å²) >= 11 is 0. The van der Waals surface area contributed by atoms with Gasteiger partial charge >= 0.3 is 12.3 Å². The predicted octanol–water partition coefficient (Wildman–Crippen LogP) is 1.94. The van der Waals surface area contributed by atoms with Gasteiger partial charge in [0.05, 0.1) is 0 Å². The molecule has 1 aliphatic rings. The number of hydrogen-bond acceptors (Lipinski definition) is 4. The van der Waals surface area contributed by atoms with Crippen LogP contribution in [0.4, 0.5) is 18.0 Å². The third-order valence-electron chi connectivity index (χ3n) is 4.27. The maximum Gasteiger partial charge on any atom is 0.427 e. The minimum atomic E-state index is -4.77.